The van der Waals surface area contributed by atoms with Crippen molar-refractivity contribution >= 4 is 33.6 Å². The molecule has 0 aromatic heterocycles. The Morgan fingerprint density at radius 1 is 1.14 bits per heavy atom. The zero-order valence-corrected chi connectivity index (χ0v) is 17.3. The van der Waals surface area contributed by atoms with E-state index in [1.165, 1.54) is 12.1 Å². The highest BCUT2D eigenvalue weighted by molar-refractivity contribution is 9.10. The molecule has 0 heterocycles. The Morgan fingerprint density at radius 3 is 2.59 bits per heavy atom. The molecule has 0 aliphatic carbocycles. The lowest BCUT2D eigenvalue weighted by molar-refractivity contribution is -0.112. The average molecular weight is 449 g/mol. The van der Waals surface area contributed by atoms with E-state index in [-0.39, 0.29) is 11.4 Å². The van der Waals surface area contributed by atoms with Crippen LogP contribution in [0.15, 0.2) is 76.8 Å². The SMILES string of the molecule is Cc1ccc(NC(=O)/C(C#N)=C/c2cc(Br)ccc2Cc2cccc(F)c2)cc1. The molecular formula is C24H18BrFN2O. The van der Waals surface area contributed by atoms with Crippen molar-refractivity contribution in [2.24, 2.45) is 0 Å². The molecule has 3 aromatic carbocycles. The second-order valence-electron chi connectivity index (χ2n) is 6.64. The Morgan fingerprint density at radius 2 is 1.90 bits per heavy atom. The summed E-state index contributed by atoms with van der Waals surface area (Å²) in [6.45, 7) is 1.96. The molecule has 0 saturated heterocycles. The molecule has 1 N–H and O–H groups in total. The van der Waals surface area contributed by atoms with Crippen molar-refractivity contribution in [3.8, 4) is 6.07 Å². The fourth-order valence-electron chi connectivity index (χ4n) is 2.87. The summed E-state index contributed by atoms with van der Waals surface area (Å²) in [5, 5.41) is 12.3. The van der Waals surface area contributed by atoms with Crippen molar-refractivity contribution < 1.29 is 9.18 Å². The lowest BCUT2D eigenvalue weighted by Crippen LogP contribution is -2.13. The van der Waals surface area contributed by atoms with E-state index in [0.29, 0.717) is 12.1 Å². The number of amides is 1. The molecule has 0 spiro atoms. The first kappa shape index (κ1) is 20.5. The number of benzene rings is 3. The van der Waals surface area contributed by atoms with Crippen LogP contribution in [-0.4, -0.2) is 5.91 Å². The molecule has 0 radical (unpaired) electrons. The molecule has 3 aromatic rings. The topological polar surface area (TPSA) is 52.9 Å². The van der Waals surface area contributed by atoms with Crippen molar-refractivity contribution in [3.63, 3.8) is 0 Å². The van der Waals surface area contributed by atoms with Crippen molar-refractivity contribution in [1.29, 1.82) is 5.26 Å². The van der Waals surface area contributed by atoms with Gasteiger partial charge in [-0.2, -0.15) is 5.26 Å². The third-order valence-corrected chi connectivity index (χ3v) is 4.86. The van der Waals surface area contributed by atoms with Gasteiger partial charge in [-0.25, -0.2) is 4.39 Å². The molecule has 29 heavy (non-hydrogen) atoms. The van der Waals surface area contributed by atoms with Gasteiger partial charge in [-0.1, -0.05) is 51.8 Å². The van der Waals surface area contributed by atoms with Crippen molar-refractivity contribution in [2.45, 2.75) is 13.3 Å². The molecule has 0 atom stereocenters. The second-order valence-corrected chi connectivity index (χ2v) is 7.56. The van der Waals surface area contributed by atoms with Crippen LogP contribution in [0, 0.1) is 24.1 Å². The van der Waals surface area contributed by atoms with Gasteiger partial charge in [0.1, 0.15) is 17.5 Å². The number of carbonyl (C=O) groups excluding carboxylic acids is 1. The zero-order chi connectivity index (χ0) is 20.8. The van der Waals surface area contributed by atoms with Gasteiger partial charge in [-0.15, -0.1) is 0 Å². The van der Waals surface area contributed by atoms with Crippen LogP contribution in [0.1, 0.15) is 22.3 Å². The third-order valence-electron chi connectivity index (χ3n) is 4.37. The summed E-state index contributed by atoms with van der Waals surface area (Å²) in [4.78, 5) is 12.6. The van der Waals surface area contributed by atoms with Crippen LogP contribution in [0.4, 0.5) is 10.1 Å². The Bertz CT molecular complexity index is 1110. The molecular weight excluding hydrogens is 431 g/mol. The van der Waals surface area contributed by atoms with Gasteiger partial charge in [0.2, 0.25) is 0 Å². The number of hydrogen-bond acceptors (Lipinski definition) is 2. The van der Waals surface area contributed by atoms with E-state index in [1.807, 2.05) is 49.4 Å². The highest BCUT2D eigenvalue weighted by Crippen LogP contribution is 2.23. The molecule has 3 nitrogen and oxygen atoms in total. The fourth-order valence-corrected chi connectivity index (χ4v) is 3.25. The Kier molecular flexibility index (Phi) is 6.58. The van der Waals surface area contributed by atoms with Crippen LogP contribution >= 0.6 is 15.9 Å². The number of rotatable bonds is 5. The molecule has 0 aliphatic rings. The molecule has 3 rings (SSSR count). The lowest BCUT2D eigenvalue weighted by Gasteiger charge is -2.09. The number of hydrogen-bond donors (Lipinski definition) is 1. The van der Waals surface area contributed by atoms with Gasteiger partial charge in [-0.05, 0) is 72.5 Å². The number of nitrogens with one attached hydrogen (secondary N) is 1. The van der Waals surface area contributed by atoms with Gasteiger partial charge in [0.05, 0.1) is 0 Å². The molecule has 144 valence electrons. The van der Waals surface area contributed by atoms with Gasteiger partial charge >= 0.3 is 0 Å². The summed E-state index contributed by atoms with van der Waals surface area (Å²) >= 11 is 3.43. The minimum Gasteiger partial charge on any atom is -0.321 e. The lowest BCUT2D eigenvalue weighted by atomic mass is 9.98. The van der Waals surface area contributed by atoms with E-state index in [1.54, 1.807) is 24.3 Å². The summed E-state index contributed by atoms with van der Waals surface area (Å²) in [6.07, 6.45) is 2.04. The Balaban J connectivity index is 1.90. The number of halogens is 2. The standard InChI is InChI=1S/C24H18BrFN2O/c1-16-5-9-23(10-6-16)28-24(29)20(15-27)13-19-14-21(25)8-7-18(19)11-17-3-2-4-22(26)12-17/h2-10,12-14H,11H2,1H3,(H,28,29)/b20-13+. The molecule has 0 bridgehead atoms. The maximum absolute atomic E-state index is 13.5. The van der Waals surface area contributed by atoms with Crippen LogP contribution < -0.4 is 5.32 Å². The number of aryl methyl sites for hydroxylation is 1. The Hall–Kier alpha value is -3.23. The van der Waals surface area contributed by atoms with Gasteiger partial charge in [-0.3, -0.25) is 4.79 Å². The second kappa shape index (κ2) is 9.31. The van der Waals surface area contributed by atoms with Crippen LogP contribution in [-0.2, 0) is 11.2 Å². The van der Waals surface area contributed by atoms with E-state index in [9.17, 15) is 14.4 Å². The summed E-state index contributed by atoms with van der Waals surface area (Å²) in [5.74, 6) is -0.778. The van der Waals surface area contributed by atoms with Crippen molar-refractivity contribution in [2.75, 3.05) is 5.32 Å². The van der Waals surface area contributed by atoms with E-state index in [0.717, 1.165) is 26.7 Å². The predicted octanol–water partition coefficient (Wildman–Crippen LogP) is 6.03. The number of nitrogens with zero attached hydrogens (tertiary/aromatic N) is 1. The van der Waals surface area contributed by atoms with E-state index < -0.39 is 5.91 Å². The molecule has 0 fully saturated rings. The minimum atomic E-state index is -0.479. The normalized spacial score (nSPS) is 11.0. The van der Waals surface area contributed by atoms with E-state index in [4.69, 9.17) is 0 Å². The van der Waals surface area contributed by atoms with Gasteiger partial charge in [0.15, 0.2) is 0 Å². The Labute approximate surface area is 177 Å². The van der Waals surface area contributed by atoms with E-state index in [2.05, 4.69) is 21.2 Å². The summed E-state index contributed by atoms with van der Waals surface area (Å²) in [6, 6.07) is 21.3. The first-order valence-corrected chi connectivity index (χ1v) is 9.76. The van der Waals surface area contributed by atoms with Crippen LogP contribution in [0.25, 0.3) is 6.08 Å². The summed E-state index contributed by atoms with van der Waals surface area (Å²) in [7, 11) is 0. The van der Waals surface area contributed by atoms with Crippen LogP contribution in [0.5, 0.6) is 0 Å². The monoisotopic (exact) mass is 448 g/mol. The largest absolute Gasteiger partial charge is 0.321 e. The fraction of sp³-hybridized carbons (Fsp3) is 0.0833. The van der Waals surface area contributed by atoms with Crippen LogP contribution in [0.3, 0.4) is 0 Å². The van der Waals surface area contributed by atoms with E-state index >= 15 is 0 Å². The zero-order valence-electron chi connectivity index (χ0n) is 15.7. The first-order valence-electron chi connectivity index (χ1n) is 8.97. The molecule has 0 aliphatic heterocycles. The smallest absolute Gasteiger partial charge is 0.266 e. The molecule has 0 saturated carbocycles. The molecule has 0 unspecified atom stereocenters. The molecule has 1 amide bonds. The third kappa shape index (κ3) is 5.63. The number of nitriles is 1. The predicted molar refractivity (Wildman–Crippen MR) is 117 cm³/mol. The van der Waals surface area contributed by atoms with Gasteiger partial charge < -0.3 is 5.32 Å². The maximum atomic E-state index is 13.5. The van der Waals surface area contributed by atoms with Gasteiger partial charge in [0, 0.05) is 10.2 Å². The minimum absolute atomic E-state index is 0.0100. The number of anilines is 1. The van der Waals surface area contributed by atoms with Crippen molar-refractivity contribution in [3.05, 3.63) is 105 Å². The quantitative estimate of drug-likeness (QED) is 0.382. The first-order chi connectivity index (χ1) is 13.9. The van der Waals surface area contributed by atoms with Gasteiger partial charge in [0.25, 0.3) is 5.91 Å². The van der Waals surface area contributed by atoms with Crippen LogP contribution in [0.2, 0.25) is 0 Å². The molecule has 5 heteroatoms. The number of carbonyl (C=O) groups is 1. The highest BCUT2D eigenvalue weighted by atomic mass is 79.9. The highest BCUT2D eigenvalue weighted by Gasteiger charge is 2.12. The summed E-state index contributed by atoms with van der Waals surface area (Å²) in [5.41, 5.74) is 4.11. The summed E-state index contributed by atoms with van der Waals surface area (Å²) < 4.78 is 14.3. The van der Waals surface area contributed by atoms with Crippen molar-refractivity contribution in [1.82, 2.24) is 0 Å². The average Bonchev–Trinajstić information content (AvgIpc) is 2.69. The maximum Gasteiger partial charge on any atom is 0.266 e.